The molecule has 0 spiro atoms. The molecule has 0 bridgehead atoms. The summed E-state index contributed by atoms with van der Waals surface area (Å²) < 4.78 is 5.33. The number of nitrogens with one attached hydrogen (secondary N) is 1. The lowest BCUT2D eigenvalue weighted by atomic mass is 9.99. The first-order valence-electron chi connectivity index (χ1n) is 8.07. The van der Waals surface area contributed by atoms with Crippen molar-refractivity contribution in [3.63, 3.8) is 0 Å². The fraction of sp³-hybridized carbons (Fsp3) is 0.938. The number of piperidine rings is 1. The molecule has 5 heteroatoms. The first kappa shape index (κ1) is 18.2. The van der Waals surface area contributed by atoms with Crippen molar-refractivity contribution in [3.8, 4) is 0 Å². The molecule has 0 aromatic rings. The highest BCUT2D eigenvalue weighted by Crippen LogP contribution is 2.15. The molecule has 1 saturated heterocycles. The van der Waals surface area contributed by atoms with Crippen LogP contribution in [0, 0.1) is 0 Å². The first-order valence-corrected chi connectivity index (χ1v) is 8.07. The average Bonchev–Trinajstić information content (AvgIpc) is 2.36. The fourth-order valence-corrected chi connectivity index (χ4v) is 2.53. The van der Waals surface area contributed by atoms with Gasteiger partial charge in [0.2, 0.25) is 0 Å². The molecule has 1 amide bonds. The molecule has 124 valence electrons. The number of likely N-dealkylation sites (tertiary alicyclic amines) is 1. The third kappa shape index (κ3) is 7.14. The molecule has 1 aliphatic heterocycles. The first-order chi connectivity index (χ1) is 9.69. The van der Waals surface area contributed by atoms with Crippen LogP contribution in [0.15, 0.2) is 0 Å². The van der Waals surface area contributed by atoms with E-state index in [0.717, 1.165) is 26.1 Å². The highest BCUT2D eigenvalue weighted by Gasteiger charge is 2.22. The maximum Gasteiger partial charge on any atom is 0.410 e. The topological polar surface area (TPSA) is 44.8 Å². The number of hydrogen-bond acceptors (Lipinski definition) is 4. The zero-order chi connectivity index (χ0) is 16.0. The summed E-state index contributed by atoms with van der Waals surface area (Å²) in [7, 11) is 3.99. The number of carbonyl (C=O) groups excluding carboxylic acids is 1. The van der Waals surface area contributed by atoms with Gasteiger partial charge >= 0.3 is 6.09 Å². The van der Waals surface area contributed by atoms with E-state index in [2.05, 4.69) is 24.2 Å². The van der Waals surface area contributed by atoms with Crippen LogP contribution in [-0.4, -0.2) is 67.3 Å². The number of amides is 1. The molecule has 0 aliphatic carbocycles. The zero-order valence-electron chi connectivity index (χ0n) is 14.6. The molecule has 1 heterocycles. The Kier molecular flexibility index (Phi) is 6.94. The SMILES string of the molecule is CC1CC(NCCCN(C)C(=O)OC(C)(C)C)CCN1C. The van der Waals surface area contributed by atoms with E-state index >= 15 is 0 Å². The van der Waals surface area contributed by atoms with Crippen LogP contribution in [-0.2, 0) is 4.74 Å². The summed E-state index contributed by atoms with van der Waals surface area (Å²) in [5.41, 5.74) is -0.423. The molecule has 1 fully saturated rings. The van der Waals surface area contributed by atoms with Gasteiger partial charge in [-0.2, -0.15) is 0 Å². The Hall–Kier alpha value is -0.810. The molecule has 0 radical (unpaired) electrons. The summed E-state index contributed by atoms with van der Waals surface area (Å²) in [5, 5.41) is 3.61. The summed E-state index contributed by atoms with van der Waals surface area (Å²) >= 11 is 0. The van der Waals surface area contributed by atoms with Crippen LogP contribution in [0.2, 0.25) is 0 Å². The summed E-state index contributed by atoms with van der Waals surface area (Å²) in [6.45, 7) is 10.8. The Labute approximate surface area is 130 Å². The lowest BCUT2D eigenvalue weighted by molar-refractivity contribution is 0.0297. The number of nitrogens with zero attached hydrogens (tertiary/aromatic N) is 2. The van der Waals surface area contributed by atoms with E-state index in [0.29, 0.717) is 12.1 Å². The van der Waals surface area contributed by atoms with Crippen LogP contribution in [0.5, 0.6) is 0 Å². The van der Waals surface area contributed by atoms with E-state index < -0.39 is 5.60 Å². The van der Waals surface area contributed by atoms with Crippen molar-refractivity contribution in [2.45, 2.75) is 64.6 Å². The number of hydrogen-bond donors (Lipinski definition) is 1. The molecule has 1 rings (SSSR count). The van der Waals surface area contributed by atoms with E-state index in [9.17, 15) is 4.79 Å². The maximum atomic E-state index is 11.8. The predicted octanol–water partition coefficient (Wildman–Crippen LogP) is 2.32. The molecule has 21 heavy (non-hydrogen) atoms. The van der Waals surface area contributed by atoms with E-state index in [4.69, 9.17) is 4.74 Å². The Balaban J connectivity index is 2.15. The van der Waals surface area contributed by atoms with Crippen molar-refractivity contribution in [3.05, 3.63) is 0 Å². The van der Waals surface area contributed by atoms with Gasteiger partial charge < -0.3 is 19.9 Å². The molecule has 5 nitrogen and oxygen atoms in total. The minimum atomic E-state index is -0.423. The van der Waals surface area contributed by atoms with Gasteiger partial charge in [0, 0.05) is 25.7 Å². The van der Waals surface area contributed by atoms with E-state index in [1.807, 2.05) is 20.8 Å². The van der Waals surface area contributed by atoms with E-state index in [1.165, 1.54) is 12.8 Å². The van der Waals surface area contributed by atoms with Crippen LogP contribution in [0.25, 0.3) is 0 Å². The molecule has 0 aromatic carbocycles. The molecule has 1 N–H and O–H groups in total. The minimum absolute atomic E-state index is 0.240. The summed E-state index contributed by atoms with van der Waals surface area (Å²) in [4.78, 5) is 15.9. The van der Waals surface area contributed by atoms with Crippen LogP contribution in [0.3, 0.4) is 0 Å². The molecular formula is C16H33N3O2. The van der Waals surface area contributed by atoms with Crippen molar-refractivity contribution in [1.29, 1.82) is 0 Å². The average molecular weight is 299 g/mol. The summed E-state index contributed by atoms with van der Waals surface area (Å²) in [5.74, 6) is 0. The van der Waals surface area contributed by atoms with E-state index in [-0.39, 0.29) is 6.09 Å². The Morgan fingerprint density at radius 2 is 2.10 bits per heavy atom. The van der Waals surface area contributed by atoms with Crippen LogP contribution >= 0.6 is 0 Å². The largest absolute Gasteiger partial charge is 0.444 e. The highest BCUT2D eigenvalue weighted by molar-refractivity contribution is 5.67. The van der Waals surface area contributed by atoms with Gasteiger partial charge in [0.05, 0.1) is 0 Å². The minimum Gasteiger partial charge on any atom is -0.444 e. The normalized spacial score (nSPS) is 23.9. The lowest BCUT2D eigenvalue weighted by Gasteiger charge is -2.35. The quantitative estimate of drug-likeness (QED) is 0.791. The molecule has 0 saturated carbocycles. The lowest BCUT2D eigenvalue weighted by Crippen LogP contribution is -2.46. The molecule has 0 aromatic heterocycles. The number of ether oxygens (including phenoxy) is 1. The Morgan fingerprint density at radius 1 is 1.43 bits per heavy atom. The predicted molar refractivity (Wildman–Crippen MR) is 86.6 cm³/mol. The number of carbonyl (C=O) groups is 1. The maximum absolute atomic E-state index is 11.8. The summed E-state index contributed by atoms with van der Waals surface area (Å²) in [6.07, 6.45) is 3.13. The zero-order valence-corrected chi connectivity index (χ0v) is 14.6. The van der Waals surface area contributed by atoms with E-state index in [1.54, 1.807) is 11.9 Å². The second kappa shape index (κ2) is 7.99. The van der Waals surface area contributed by atoms with Gasteiger partial charge in [-0.3, -0.25) is 0 Å². The van der Waals surface area contributed by atoms with Crippen LogP contribution in [0.4, 0.5) is 4.79 Å². The fourth-order valence-electron chi connectivity index (χ4n) is 2.53. The van der Waals surface area contributed by atoms with Gasteiger partial charge in [-0.15, -0.1) is 0 Å². The number of rotatable bonds is 5. The van der Waals surface area contributed by atoms with Gasteiger partial charge in [-0.1, -0.05) is 0 Å². The van der Waals surface area contributed by atoms with Gasteiger partial charge in [-0.25, -0.2) is 4.79 Å². The summed E-state index contributed by atoms with van der Waals surface area (Å²) in [6, 6.07) is 1.27. The van der Waals surface area contributed by atoms with Crippen molar-refractivity contribution in [2.75, 3.05) is 33.7 Å². The smallest absolute Gasteiger partial charge is 0.410 e. The highest BCUT2D eigenvalue weighted by atomic mass is 16.6. The van der Waals surface area contributed by atoms with Crippen molar-refractivity contribution >= 4 is 6.09 Å². The van der Waals surface area contributed by atoms with Crippen molar-refractivity contribution in [2.24, 2.45) is 0 Å². The van der Waals surface area contributed by atoms with Gasteiger partial charge in [-0.05, 0) is 67.1 Å². The van der Waals surface area contributed by atoms with Gasteiger partial charge in [0.1, 0.15) is 5.60 Å². The van der Waals surface area contributed by atoms with Crippen LogP contribution in [0.1, 0.15) is 47.0 Å². The monoisotopic (exact) mass is 299 g/mol. The second-order valence-corrected chi connectivity index (χ2v) is 7.26. The second-order valence-electron chi connectivity index (χ2n) is 7.26. The molecule has 2 atom stereocenters. The van der Waals surface area contributed by atoms with Gasteiger partial charge in [0.15, 0.2) is 0 Å². The third-order valence-electron chi connectivity index (χ3n) is 4.02. The molecule has 1 aliphatic rings. The molecule has 2 unspecified atom stereocenters. The Morgan fingerprint density at radius 3 is 2.67 bits per heavy atom. The third-order valence-corrected chi connectivity index (χ3v) is 4.02. The van der Waals surface area contributed by atoms with Crippen LogP contribution < -0.4 is 5.32 Å². The van der Waals surface area contributed by atoms with Crippen molar-refractivity contribution < 1.29 is 9.53 Å². The van der Waals surface area contributed by atoms with Gasteiger partial charge in [0.25, 0.3) is 0 Å². The molecular weight excluding hydrogens is 266 g/mol. The Bertz CT molecular complexity index is 328. The standard InChI is InChI=1S/C16H33N3O2/c1-13-12-14(8-11-18(13)5)17-9-7-10-19(6)15(20)21-16(2,3)4/h13-14,17H,7-12H2,1-6H3. The van der Waals surface area contributed by atoms with Crippen molar-refractivity contribution in [1.82, 2.24) is 15.1 Å².